The van der Waals surface area contributed by atoms with Gasteiger partial charge in [0.05, 0.1) is 11.2 Å². The van der Waals surface area contributed by atoms with E-state index in [1.165, 1.54) is 6.20 Å². The fraction of sp³-hybridized carbons (Fsp3) is 0.400. The van der Waals surface area contributed by atoms with Crippen LogP contribution in [-0.4, -0.2) is 37.7 Å². The van der Waals surface area contributed by atoms with Gasteiger partial charge in [-0.25, -0.2) is 9.97 Å². The van der Waals surface area contributed by atoms with Crippen LogP contribution in [0.4, 0.5) is 0 Å². The predicted molar refractivity (Wildman–Crippen MR) is 79.2 cm³/mol. The van der Waals surface area contributed by atoms with Crippen LogP contribution in [0.2, 0.25) is 0 Å². The van der Waals surface area contributed by atoms with Gasteiger partial charge < -0.3 is 10.4 Å². The summed E-state index contributed by atoms with van der Waals surface area (Å²) >= 11 is 0. The highest BCUT2D eigenvalue weighted by molar-refractivity contribution is 5.93. The molecule has 0 spiro atoms. The first-order valence-electron chi connectivity index (χ1n) is 7.03. The molecule has 0 bridgehead atoms. The zero-order chi connectivity index (χ0) is 15.3. The van der Waals surface area contributed by atoms with Crippen molar-refractivity contribution >= 4 is 5.91 Å². The van der Waals surface area contributed by atoms with Gasteiger partial charge in [-0.15, -0.1) is 0 Å². The lowest BCUT2D eigenvalue weighted by Gasteiger charge is -2.25. The predicted octanol–water partition coefficient (Wildman–Crippen LogP) is 1.55. The minimum Gasteiger partial charge on any atom is -0.388 e. The highest BCUT2D eigenvalue weighted by Crippen LogP contribution is 2.13. The SMILES string of the molecule is CCC(O)(CC)CNC(=O)c1ccc(-n2ccnc2)nc1. The summed E-state index contributed by atoms with van der Waals surface area (Å²) in [5.41, 5.74) is -0.381. The van der Waals surface area contributed by atoms with Gasteiger partial charge in [-0.1, -0.05) is 13.8 Å². The Labute approximate surface area is 123 Å². The van der Waals surface area contributed by atoms with E-state index in [1.54, 1.807) is 35.4 Å². The van der Waals surface area contributed by atoms with Gasteiger partial charge in [-0.05, 0) is 25.0 Å². The van der Waals surface area contributed by atoms with Crippen LogP contribution in [-0.2, 0) is 0 Å². The van der Waals surface area contributed by atoms with E-state index in [-0.39, 0.29) is 12.5 Å². The molecule has 0 fully saturated rings. The maximum atomic E-state index is 12.0. The quantitative estimate of drug-likeness (QED) is 0.845. The first kappa shape index (κ1) is 15.2. The molecule has 0 atom stereocenters. The van der Waals surface area contributed by atoms with Crippen molar-refractivity contribution in [2.75, 3.05) is 6.54 Å². The van der Waals surface area contributed by atoms with Crippen LogP contribution in [0, 0.1) is 0 Å². The van der Waals surface area contributed by atoms with Crippen LogP contribution in [0.25, 0.3) is 5.82 Å². The van der Waals surface area contributed by atoms with Crippen molar-refractivity contribution in [3.05, 3.63) is 42.6 Å². The van der Waals surface area contributed by atoms with Gasteiger partial charge in [0.15, 0.2) is 0 Å². The molecule has 2 aromatic heterocycles. The summed E-state index contributed by atoms with van der Waals surface area (Å²) in [6.07, 6.45) is 7.80. The van der Waals surface area contributed by atoms with Gasteiger partial charge in [0, 0.05) is 25.1 Å². The number of hydrogen-bond donors (Lipinski definition) is 2. The largest absolute Gasteiger partial charge is 0.388 e. The number of carbonyl (C=O) groups excluding carboxylic acids is 1. The Kier molecular flexibility index (Phi) is 4.70. The van der Waals surface area contributed by atoms with E-state index in [2.05, 4.69) is 15.3 Å². The van der Waals surface area contributed by atoms with E-state index in [4.69, 9.17) is 0 Å². The molecule has 0 aliphatic carbocycles. The van der Waals surface area contributed by atoms with Crippen molar-refractivity contribution in [1.29, 1.82) is 0 Å². The number of hydrogen-bond acceptors (Lipinski definition) is 4. The molecule has 0 saturated carbocycles. The molecule has 2 N–H and O–H groups in total. The highest BCUT2D eigenvalue weighted by Gasteiger charge is 2.23. The minimum atomic E-state index is -0.847. The fourth-order valence-corrected chi connectivity index (χ4v) is 1.91. The van der Waals surface area contributed by atoms with Gasteiger partial charge in [-0.2, -0.15) is 0 Å². The number of aliphatic hydroxyl groups is 1. The van der Waals surface area contributed by atoms with Crippen molar-refractivity contribution in [3.8, 4) is 5.82 Å². The van der Waals surface area contributed by atoms with E-state index in [0.29, 0.717) is 24.2 Å². The smallest absolute Gasteiger partial charge is 0.252 e. The molecular weight excluding hydrogens is 268 g/mol. The number of amides is 1. The summed E-state index contributed by atoms with van der Waals surface area (Å²) in [5, 5.41) is 12.9. The van der Waals surface area contributed by atoms with E-state index >= 15 is 0 Å². The van der Waals surface area contributed by atoms with Crippen molar-refractivity contribution in [3.63, 3.8) is 0 Å². The second kappa shape index (κ2) is 6.49. The number of imidazole rings is 1. The van der Waals surface area contributed by atoms with Crippen molar-refractivity contribution in [2.24, 2.45) is 0 Å². The Bertz CT molecular complexity index is 574. The molecule has 6 nitrogen and oxygen atoms in total. The van der Waals surface area contributed by atoms with Gasteiger partial charge in [-0.3, -0.25) is 9.36 Å². The summed E-state index contributed by atoms with van der Waals surface area (Å²) in [6.45, 7) is 4.04. The first-order valence-corrected chi connectivity index (χ1v) is 7.03. The van der Waals surface area contributed by atoms with E-state index < -0.39 is 5.60 Å². The standard InChI is InChI=1S/C15H20N4O2/c1-3-15(21,4-2)10-18-14(20)12-5-6-13(17-9-12)19-8-7-16-11-19/h5-9,11,21H,3-4,10H2,1-2H3,(H,18,20). The molecular formula is C15H20N4O2. The normalized spacial score (nSPS) is 11.4. The number of nitrogens with zero attached hydrogens (tertiary/aromatic N) is 3. The molecule has 0 aliphatic heterocycles. The van der Waals surface area contributed by atoms with Crippen LogP contribution in [0.15, 0.2) is 37.1 Å². The van der Waals surface area contributed by atoms with Gasteiger partial charge in [0.2, 0.25) is 0 Å². The van der Waals surface area contributed by atoms with Gasteiger partial charge in [0.1, 0.15) is 12.1 Å². The zero-order valence-electron chi connectivity index (χ0n) is 12.3. The molecule has 2 rings (SSSR count). The molecule has 1 amide bonds. The van der Waals surface area contributed by atoms with Crippen LogP contribution < -0.4 is 5.32 Å². The van der Waals surface area contributed by atoms with Crippen molar-refractivity contribution in [1.82, 2.24) is 19.9 Å². The van der Waals surface area contributed by atoms with Crippen molar-refractivity contribution in [2.45, 2.75) is 32.3 Å². The minimum absolute atomic E-state index is 0.236. The lowest BCUT2D eigenvalue weighted by molar-refractivity contribution is 0.0314. The lowest BCUT2D eigenvalue weighted by atomic mass is 9.97. The Hall–Kier alpha value is -2.21. The number of rotatable bonds is 6. The molecule has 2 heterocycles. The van der Waals surface area contributed by atoms with E-state index in [9.17, 15) is 9.90 Å². The van der Waals surface area contributed by atoms with Crippen LogP contribution in [0.1, 0.15) is 37.0 Å². The summed E-state index contributed by atoms with van der Waals surface area (Å²) in [6, 6.07) is 3.46. The summed E-state index contributed by atoms with van der Waals surface area (Å²) in [7, 11) is 0. The van der Waals surface area contributed by atoms with E-state index in [1.807, 2.05) is 13.8 Å². The summed E-state index contributed by atoms with van der Waals surface area (Å²) < 4.78 is 1.76. The number of nitrogens with one attached hydrogen (secondary N) is 1. The molecule has 6 heteroatoms. The molecule has 0 aromatic carbocycles. The Morgan fingerprint density at radius 2 is 2.14 bits per heavy atom. The Morgan fingerprint density at radius 1 is 1.38 bits per heavy atom. The number of carbonyl (C=O) groups is 1. The molecule has 2 aromatic rings. The van der Waals surface area contributed by atoms with Crippen LogP contribution in [0.5, 0.6) is 0 Å². The molecule has 112 valence electrons. The van der Waals surface area contributed by atoms with Gasteiger partial charge in [0.25, 0.3) is 5.91 Å². The second-order valence-corrected chi connectivity index (χ2v) is 4.99. The molecule has 0 unspecified atom stereocenters. The van der Waals surface area contributed by atoms with Crippen molar-refractivity contribution < 1.29 is 9.90 Å². The maximum absolute atomic E-state index is 12.0. The van der Waals surface area contributed by atoms with Gasteiger partial charge >= 0.3 is 0 Å². The highest BCUT2D eigenvalue weighted by atomic mass is 16.3. The average molecular weight is 288 g/mol. The topological polar surface area (TPSA) is 80.0 Å². The first-order chi connectivity index (χ1) is 10.1. The zero-order valence-corrected chi connectivity index (χ0v) is 12.3. The Morgan fingerprint density at radius 3 is 2.67 bits per heavy atom. The third kappa shape index (κ3) is 3.66. The molecule has 0 aliphatic rings. The number of pyridine rings is 1. The third-order valence-electron chi connectivity index (χ3n) is 3.67. The summed E-state index contributed by atoms with van der Waals surface area (Å²) in [5.74, 6) is 0.461. The molecule has 0 radical (unpaired) electrons. The third-order valence-corrected chi connectivity index (χ3v) is 3.67. The Balaban J connectivity index is 2.00. The fourth-order valence-electron chi connectivity index (χ4n) is 1.91. The summed E-state index contributed by atoms with van der Waals surface area (Å²) in [4.78, 5) is 20.2. The maximum Gasteiger partial charge on any atom is 0.252 e. The molecule has 0 saturated heterocycles. The van der Waals surface area contributed by atoms with Crippen LogP contribution in [0.3, 0.4) is 0 Å². The number of aromatic nitrogens is 3. The lowest BCUT2D eigenvalue weighted by Crippen LogP contribution is -2.42. The molecule has 21 heavy (non-hydrogen) atoms. The second-order valence-electron chi connectivity index (χ2n) is 4.99. The average Bonchev–Trinajstić information content (AvgIpc) is 3.07. The monoisotopic (exact) mass is 288 g/mol. The van der Waals surface area contributed by atoms with E-state index in [0.717, 1.165) is 0 Å². The van der Waals surface area contributed by atoms with Crippen LogP contribution >= 0.6 is 0 Å².